The van der Waals surface area contributed by atoms with E-state index in [1.165, 1.54) is 10.9 Å². The number of rotatable bonds is 9. The number of ether oxygens (including phenoxy) is 1. The Bertz CT molecular complexity index is 1620. The number of halogens is 1. The average molecular weight is 548 g/mol. The number of nitrogens with two attached hydrogens (primary N) is 1. The highest BCUT2D eigenvalue weighted by Crippen LogP contribution is 2.26. The van der Waals surface area contributed by atoms with E-state index in [0.717, 1.165) is 0 Å². The molecule has 0 bridgehead atoms. The first-order valence-corrected chi connectivity index (χ1v) is 12.3. The molecule has 4 aromatic rings. The van der Waals surface area contributed by atoms with Crippen molar-refractivity contribution < 1.29 is 9.53 Å². The Hall–Kier alpha value is -4.73. The number of carbonyl (C=O) groups excluding carboxylic acids is 1. The number of nitrogens with one attached hydrogen (secondary N) is 3. The fourth-order valence-corrected chi connectivity index (χ4v) is 4.20. The molecule has 13 heteroatoms. The highest BCUT2D eigenvalue weighted by atomic mass is 35.5. The van der Waals surface area contributed by atoms with Gasteiger partial charge < -0.3 is 26.4 Å². The summed E-state index contributed by atoms with van der Waals surface area (Å²) in [6.45, 7) is 2.74. The second-order valence-corrected chi connectivity index (χ2v) is 8.89. The zero-order valence-corrected chi connectivity index (χ0v) is 22.0. The van der Waals surface area contributed by atoms with Crippen LogP contribution in [0.4, 0.5) is 22.1 Å². The molecule has 4 rings (SSSR count). The maximum Gasteiger partial charge on any atom is 0.319 e. The molecule has 2 aromatic carbocycles. The summed E-state index contributed by atoms with van der Waals surface area (Å²) in [6.07, 6.45) is 1.91. The van der Waals surface area contributed by atoms with Crippen LogP contribution in [0.25, 0.3) is 16.6 Å². The average Bonchev–Trinajstić information content (AvgIpc) is 2.91. The van der Waals surface area contributed by atoms with Crippen molar-refractivity contribution in [2.24, 2.45) is 0 Å². The van der Waals surface area contributed by atoms with E-state index in [1.54, 1.807) is 56.5 Å². The van der Waals surface area contributed by atoms with Gasteiger partial charge in [0.25, 0.3) is 5.56 Å². The smallest absolute Gasteiger partial charge is 0.319 e. The zero-order valence-electron chi connectivity index (χ0n) is 21.2. The monoisotopic (exact) mass is 547 g/mol. The summed E-state index contributed by atoms with van der Waals surface area (Å²) in [4.78, 5) is 38.9. The summed E-state index contributed by atoms with van der Waals surface area (Å²) in [5.74, 6) is 0.541. The molecule has 1 unspecified atom stereocenters. The first-order chi connectivity index (χ1) is 18.8. The van der Waals surface area contributed by atoms with Crippen LogP contribution in [0.3, 0.4) is 0 Å². The number of hydrogen-bond acceptors (Lipinski definition) is 9. The van der Waals surface area contributed by atoms with Crippen LogP contribution in [-0.2, 0) is 4.74 Å². The van der Waals surface area contributed by atoms with Crippen molar-refractivity contribution in [2.75, 3.05) is 36.6 Å². The van der Waals surface area contributed by atoms with Crippen molar-refractivity contribution in [1.29, 1.82) is 5.26 Å². The van der Waals surface area contributed by atoms with Gasteiger partial charge in [0, 0.05) is 25.9 Å². The number of aromatic nitrogens is 4. The number of carbonyl (C=O) groups is 1. The van der Waals surface area contributed by atoms with Crippen molar-refractivity contribution >= 4 is 45.9 Å². The molecule has 0 aliphatic heterocycles. The summed E-state index contributed by atoms with van der Waals surface area (Å²) in [7, 11) is 1.60. The van der Waals surface area contributed by atoms with Gasteiger partial charge in [0.15, 0.2) is 0 Å². The van der Waals surface area contributed by atoms with E-state index in [4.69, 9.17) is 27.1 Å². The van der Waals surface area contributed by atoms with Crippen molar-refractivity contribution in [1.82, 2.24) is 24.8 Å². The fraction of sp³-hybridized carbons (Fsp3) is 0.231. The second-order valence-electron chi connectivity index (χ2n) is 8.48. The Morgan fingerprint density at radius 3 is 2.82 bits per heavy atom. The summed E-state index contributed by atoms with van der Waals surface area (Å²) in [5, 5.41) is 18.7. The third kappa shape index (κ3) is 6.06. The molecule has 2 aromatic heterocycles. The van der Waals surface area contributed by atoms with Gasteiger partial charge in [-0.1, -0.05) is 23.7 Å². The largest absolute Gasteiger partial charge is 0.385 e. The number of hydrogen-bond donors (Lipinski definition) is 4. The minimum absolute atomic E-state index is 0.0251. The molecule has 12 nitrogen and oxygen atoms in total. The van der Waals surface area contributed by atoms with Gasteiger partial charge in [-0.05, 0) is 43.7 Å². The molecule has 200 valence electrons. The van der Waals surface area contributed by atoms with Gasteiger partial charge in [-0.25, -0.2) is 19.7 Å². The number of nitriles is 1. The van der Waals surface area contributed by atoms with Crippen LogP contribution >= 0.6 is 11.6 Å². The minimum atomic E-state index is -0.622. The number of methoxy groups -OCH3 is 1. The Labute approximate surface area is 228 Å². The lowest BCUT2D eigenvalue weighted by Crippen LogP contribution is -2.30. The molecule has 0 saturated heterocycles. The summed E-state index contributed by atoms with van der Waals surface area (Å²) in [5.41, 5.74) is 6.82. The first-order valence-electron chi connectivity index (χ1n) is 12.0. The molecule has 0 spiro atoms. The van der Waals surface area contributed by atoms with Gasteiger partial charge in [-0.15, -0.1) is 0 Å². The molecule has 5 N–H and O–H groups in total. The van der Waals surface area contributed by atoms with E-state index in [-0.39, 0.29) is 27.6 Å². The van der Waals surface area contributed by atoms with Crippen molar-refractivity contribution in [3.63, 3.8) is 0 Å². The zero-order chi connectivity index (χ0) is 27.9. The quantitative estimate of drug-likeness (QED) is 0.228. The molecular weight excluding hydrogens is 522 g/mol. The van der Waals surface area contributed by atoms with Gasteiger partial charge in [-0.2, -0.15) is 5.26 Å². The van der Waals surface area contributed by atoms with E-state index in [9.17, 15) is 14.9 Å². The van der Waals surface area contributed by atoms with Gasteiger partial charge in [0.2, 0.25) is 0 Å². The fourth-order valence-electron chi connectivity index (χ4n) is 3.95. The predicted octanol–water partition coefficient (Wildman–Crippen LogP) is 3.61. The number of nitrogen functional groups attached to an aromatic ring is 1. The number of amides is 2. The van der Waals surface area contributed by atoms with Crippen LogP contribution in [0.1, 0.15) is 30.8 Å². The Kier molecular flexibility index (Phi) is 8.55. The van der Waals surface area contributed by atoms with Crippen molar-refractivity contribution in [2.45, 2.75) is 19.4 Å². The minimum Gasteiger partial charge on any atom is -0.385 e. The number of urea groups is 1. The SMILES string of the molecule is COCCCNC(=O)Nc1cccc(-n2c(C(C)Nc3ncnc(N)c3C#N)nc3cccc(Cl)c3c2=O)c1. The van der Waals surface area contributed by atoms with E-state index in [1.807, 2.05) is 6.07 Å². The molecular formula is C26H26ClN9O3. The van der Waals surface area contributed by atoms with Gasteiger partial charge >= 0.3 is 6.03 Å². The summed E-state index contributed by atoms with van der Waals surface area (Å²) in [6, 6.07) is 12.8. The molecule has 0 radical (unpaired) electrons. The van der Waals surface area contributed by atoms with Crippen molar-refractivity contribution in [3.8, 4) is 11.8 Å². The van der Waals surface area contributed by atoms with Crippen LogP contribution in [0, 0.1) is 11.3 Å². The van der Waals surface area contributed by atoms with Crippen LogP contribution in [0.2, 0.25) is 5.02 Å². The number of benzene rings is 2. The van der Waals surface area contributed by atoms with Gasteiger partial charge in [-0.3, -0.25) is 9.36 Å². The summed E-state index contributed by atoms with van der Waals surface area (Å²) < 4.78 is 6.40. The lowest BCUT2D eigenvalue weighted by molar-refractivity contribution is 0.194. The Morgan fingerprint density at radius 1 is 1.26 bits per heavy atom. The van der Waals surface area contributed by atoms with Crippen molar-refractivity contribution in [3.05, 3.63) is 75.6 Å². The summed E-state index contributed by atoms with van der Waals surface area (Å²) >= 11 is 6.40. The molecule has 1 atom stereocenters. The normalized spacial score (nSPS) is 11.5. The maximum absolute atomic E-state index is 13.8. The topological polar surface area (TPSA) is 173 Å². The van der Waals surface area contributed by atoms with Gasteiger partial charge in [0.05, 0.1) is 27.7 Å². The second kappa shape index (κ2) is 12.2. The number of nitrogens with zero attached hydrogens (tertiary/aromatic N) is 5. The van der Waals surface area contributed by atoms with E-state index < -0.39 is 17.6 Å². The van der Waals surface area contributed by atoms with Gasteiger partial charge in [0.1, 0.15) is 35.4 Å². The van der Waals surface area contributed by atoms with Crippen LogP contribution in [0.5, 0.6) is 0 Å². The van der Waals surface area contributed by atoms with Crippen LogP contribution in [0.15, 0.2) is 53.6 Å². The molecule has 0 fully saturated rings. The predicted molar refractivity (Wildman–Crippen MR) is 149 cm³/mol. The Morgan fingerprint density at radius 2 is 2.05 bits per heavy atom. The molecule has 39 heavy (non-hydrogen) atoms. The molecule has 2 heterocycles. The van der Waals surface area contributed by atoms with Crippen LogP contribution in [-0.4, -0.2) is 45.8 Å². The van der Waals surface area contributed by atoms with E-state index in [0.29, 0.717) is 42.3 Å². The number of fused-ring (bicyclic) bond motifs is 1. The highest BCUT2D eigenvalue weighted by molar-refractivity contribution is 6.35. The number of anilines is 3. The molecule has 0 saturated carbocycles. The van der Waals surface area contributed by atoms with Crippen LogP contribution < -0.4 is 27.2 Å². The van der Waals surface area contributed by atoms with E-state index in [2.05, 4.69) is 25.9 Å². The lowest BCUT2D eigenvalue weighted by atomic mass is 10.2. The first kappa shape index (κ1) is 27.3. The third-order valence-electron chi connectivity index (χ3n) is 5.77. The molecule has 2 amide bonds. The maximum atomic E-state index is 13.8. The Balaban J connectivity index is 1.77. The molecule has 0 aliphatic rings. The van der Waals surface area contributed by atoms with E-state index >= 15 is 0 Å². The lowest BCUT2D eigenvalue weighted by Gasteiger charge is -2.21. The standard InChI is InChI=1S/C26H26ClN9O3/c1-15(33-23-18(13-28)22(29)31-14-32-23)24-35-20-9-4-8-19(27)21(20)25(37)36(24)17-7-3-6-16(12-17)34-26(38)30-10-5-11-39-2/h3-4,6-9,12,14-15H,5,10-11H2,1-2H3,(H2,30,34,38)(H3,29,31,32,33). The third-order valence-corrected chi connectivity index (χ3v) is 6.09. The molecule has 0 aliphatic carbocycles. The highest BCUT2D eigenvalue weighted by Gasteiger charge is 2.21.